The second kappa shape index (κ2) is 8.52. The highest BCUT2D eigenvalue weighted by Gasteiger charge is 2.29. The van der Waals surface area contributed by atoms with E-state index in [1.54, 1.807) is 38.1 Å². The molecule has 0 bridgehead atoms. The monoisotopic (exact) mass is 340 g/mol. The number of nitrogens with one attached hydrogen (secondary N) is 1. The molecular weight excluding hydrogens is 316 g/mol. The Morgan fingerprint density at radius 3 is 2.61 bits per heavy atom. The second-order valence-electron chi connectivity index (χ2n) is 6.13. The van der Waals surface area contributed by atoms with Gasteiger partial charge in [-0.15, -0.1) is 0 Å². The Morgan fingerprint density at radius 2 is 1.96 bits per heavy atom. The van der Waals surface area contributed by atoms with E-state index in [9.17, 15) is 4.79 Å². The van der Waals surface area contributed by atoms with Crippen molar-refractivity contribution in [3.8, 4) is 5.75 Å². The molecule has 0 radical (unpaired) electrons. The minimum atomic E-state index is -0.924. The van der Waals surface area contributed by atoms with E-state index in [1.165, 1.54) is 0 Å². The molecule has 23 heavy (non-hydrogen) atoms. The van der Waals surface area contributed by atoms with Crippen molar-refractivity contribution in [3.05, 3.63) is 29.3 Å². The number of morpholine rings is 1. The zero-order chi connectivity index (χ0) is 16.7. The molecule has 1 aliphatic rings. The van der Waals surface area contributed by atoms with Gasteiger partial charge in [0, 0.05) is 24.7 Å². The molecule has 5 nitrogen and oxygen atoms in total. The summed E-state index contributed by atoms with van der Waals surface area (Å²) >= 11 is 5.85. The highest BCUT2D eigenvalue weighted by Crippen LogP contribution is 2.20. The van der Waals surface area contributed by atoms with Crippen molar-refractivity contribution in [2.24, 2.45) is 0 Å². The van der Waals surface area contributed by atoms with Crippen molar-refractivity contribution in [2.45, 2.75) is 25.9 Å². The number of hydrogen-bond donors (Lipinski definition) is 1. The molecule has 1 aromatic rings. The predicted molar refractivity (Wildman–Crippen MR) is 91.0 cm³/mol. The lowest BCUT2D eigenvalue weighted by Crippen LogP contribution is -2.47. The molecule has 0 atom stereocenters. The Labute approximate surface area is 142 Å². The van der Waals surface area contributed by atoms with Gasteiger partial charge in [0.1, 0.15) is 5.75 Å². The summed E-state index contributed by atoms with van der Waals surface area (Å²) in [5.41, 5.74) is -0.924. The summed E-state index contributed by atoms with van der Waals surface area (Å²) in [6.07, 6.45) is 0.919. The average Bonchev–Trinajstić information content (AvgIpc) is 2.54. The molecule has 1 saturated heterocycles. The van der Waals surface area contributed by atoms with E-state index in [-0.39, 0.29) is 5.91 Å². The van der Waals surface area contributed by atoms with E-state index in [0.717, 1.165) is 39.3 Å². The van der Waals surface area contributed by atoms with Gasteiger partial charge in [-0.3, -0.25) is 9.69 Å². The zero-order valence-electron chi connectivity index (χ0n) is 13.8. The van der Waals surface area contributed by atoms with Crippen LogP contribution in [0.4, 0.5) is 0 Å². The number of rotatable bonds is 7. The van der Waals surface area contributed by atoms with Crippen LogP contribution in [-0.4, -0.2) is 55.8 Å². The van der Waals surface area contributed by atoms with Crippen LogP contribution in [0.25, 0.3) is 0 Å². The molecule has 1 amide bonds. The molecule has 2 rings (SSSR count). The van der Waals surface area contributed by atoms with Gasteiger partial charge in [0.25, 0.3) is 5.91 Å². The number of carbonyl (C=O) groups is 1. The fourth-order valence-electron chi connectivity index (χ4n) is 2.39. The van der Waals surface area contributed by atoms with Crippen molar-refractivity contribution in [3.63, 3.8) is 0 Å². The Morgan fingerprint density at radius 1 is 1.30 bits per heavy atom. The summed E-state index contributed by atoms with van der Waals surface area (Å²) < 4.78 is 11.1. The molecule has 128 valence electrons. The summed E-state index contributed by atoms with van der Waals surface area (Å²) in [6, 6.07) is 7.01. The maximum Gasteiger partial charge on any atom is 0.263 e. The van der Waals surface area contributed by atoms with E-state index < -0.39 is 5.60 Å². The lowest BCUT2D eigenvalue weighted by Gasteiger charge is -2.27. The number of carbonyl (C=O) groups excluding carboxylic acids is 1. The van der Waals surface area contributed by atoms with E-state index in [4.69, 9.17) is 21.1 Å². The molecule has 1 aromatic carbocycles. The number of hydrogen-bond acceptors (Lipinski definition) is 4. The Kier molecular flexibility index (Phi) is 6.69. The maximum atomic E-state index is 12.3. The molecule has 1 heterocycles. The molecule has 1 aliphatic heterocycles. The van der Waals surface area contributed by atoms with Crippen LogP contribution in [0.3, 0.4) is 0 Å². The molecule has 1 N–H and O–H groups in total. The van der Waals surface area contributed by atoms with E-state index in [2.05, 4.69) is 10.2 Å². The third-order valence-electron chi connectivity index (χ3n) is 3.77. The van der Waals surface area contributed by atoms with Gasteiger partial charge in [0.05, 0.1) is 13.2 Å². The summed E-state index contributed by atoms with van der Waals surface area (Å²) in [7, 11) is 0. The van der Waals surface area contributed by atoms with Gasteiger partial charge < -0.3 is 14.8 Å². The van der Waals surface area contributed by atoms with Gasteiger partial charge >= 0.3 is 0 Å². The molecule has 0 spiro atoms. The highest BCUT2D eigenvalue weighted by molar-refractivity contribution is 6.30. The summed E-state index contributed by atoms with van der Waals surface area (Å²) in [6.45, 7) is 8.68. The van der Waals surface area contributed by atoms with Crippen LogP contribution in [-0.2, 0) is 9.53 Å². The van der Waals surface area contributed by atoms with Crippen molar-refractivity contribution in [1.82, 2.24) is 10.2 Å². The van der Waals surface area contributed by atoms with Gasteiger partial charge in [-0.2, -0.15) is 0 Å². The minimum absolute atomic E-state index is 0.116. The van der Waals surface area contributed by atoms with Crippen LogP contribution in [0, 0.1) is 0 Å². The van der Waals surface area contributed by atoms with Crippen LogP contribution in [0.2, 0.25) is 5.02 Å². The zero-order valence-corrected chi connectivity index (χ0v) is 14.6. The Hall–Kier alpha value is -1.30. The number of nitrogens with zero attached hydrogens (tertiary/aromatic N) is 1. The molecule has 0 aromatic heterocycles. The average molecular weight is 341 g/mol. The van der Waals surface area contributed by atoms with Gasteiger partial charge in [-0.25, -0.2) is 0 Å². The van der Waals surface area contributed by atoms with Gasteiger partial charge in [-0.05, 0) is 51.1 Å². The standard InChI is InChI=1S/C17H25ClN2O3/c1-17(2,23-15-6-4-14(18)5-7-15)16(21)19-8-3-9-20-10-12-22-13-11-20/h4-7H,3,8-13H2,1-2H3,(H,19,21). The van der Waals surface area contributed by atoms with Crippen molar-refractivity contribution in [1.29, 1.82) is 0 Å². The lowest BCUT2D eigenvalue weighted by atomic mass is 10.1. The van der Waals surface area contributed by atoms with Crippen molar-refractivity contribution in [2.75, 3.05) is 39.4 Å². The summed E-state index contributed by atoms with van der Waals surface area (Å²) in [5.74, 6) is 0.511. The summed E-state index contributed by atoms with van der Waals surface area (Å²) in [5, 5.41) is 3.59. The smallest absolute Gasteiger partial charge is 0.263 e. The third kappa shape index (κ3) is 6.01. The number of ether oxygens (including phenoxy) is 2. The molecule has 1 fully saturated rings. The Balaban J connectivity index is 1.71. The van der Waals surface area contributed by atoms with E-state index in [1.807, 2.05) is 0 Å². The minimum Gasteiger partial charge on any atom is -0.478 e. The first kappa shape index (κ1) is 18.0. The predicted octanol–water partition coefficient (Wildman–Crippen LogP) is 2.34. The lowest BCUT2D eigenvalue weighted by molar-refractivity contribution is -0.134. The summed E-state index contributed by atoms with van der Waals surface area (Å²) in [4.78, 5) is 14.6. The van der Waals surface area contributed by atoms with E-state index in [0.29, 0.717) is 17.3 Å². The first-order valence-electron chi connectivity index (χ1n) is 8.00. The van der Waals surface area contributed by atoms with Crippen molar-refractivity contribution >= 4 is 17.5 Å². The second-order valence-corrected chi connectivity index (χ2v) is 6.57. The van der Waals surface area contributed by atoms with Gasteiger partial charge in [0.2, 0.25) is 0 Å². The van der Waals surface area contributed by atoms with E-state index >= 15 is 0 Å². The number of benzene rings is 1. The Bertz CT molecular complexity index is 499. The third-order valence-corrected chi connectivity index (χ3v) is 4.03. The molecular formula is C17H25ClN2O3. The van der Waals surface area contributed by atoms with Crippen LogP contribution in [0.1, 0.15) is 20.3 Å². The quantitative estimate of drug-likeness (QED) is 0.774. The SMILES string of the molecule is CC(C)(Oc1ccc(Cl)cc1)C(=O)NCCCN1CCOCC1. The van der Waals surface area contributed by atoms with Gasteiger partial charge in [0.15, 0.2) is 5.60 Å². The molecule has 0 unspecified atom stereocenters. The van der Waals surface area contributed by atoms with Crippen LogP contribution in [0.15, 0.2) is 24.3 Å². The number of halogens is 1. The highest BCUT2D eigenvalue weighted by atomic mass is 35.5. The first-order valence-corrected chi connectivity index (χ1v) is 8.38. The fourth-order valence-corrected chi connectivity index (χ4v) is 2.51. The van der Waals surface area contributed by atoms with Crippen LogP contribution < -0.4 is 10.1 Å². The maximum absolute atomic E-state index is 12.3. The van der Waals surface area contributed by atoms with Crippen LogP contribution in [0.5, 0.6) is 5.75 Å². The first-order chi connectivity index (χ1) is 11.0. The molecule has 0 saturated carbocycles. The molecule has 0 aliphatic carbocycles. The number of amides is 1. The van der Waals surface area contributed by atoms with Gasteiger partial charge in [-0.1, -0.05) is 11.6 Å². The van der Waals surface area contributed by atoms with Crippen LogP contribution >= 0.6 is 11.6 Å². The fraction of sp³-hybridized carbons (Fsp3) is 0.588. The topological polar surface area (TPSA) is 50.8 Å². The largest absolute Gasteiger partial charge is 0.478 e. The normalized spacial score (nSPS) is 16.1. The van der Waals surface area contributed by atoms with Crippen molar-refractivity contribution < 1.29 is 14.3 Å². The molecule has 6 heteroatoms.